The van der Waals surface area contributed by atoms with Crippen LogP contribution in [-0.2, 0) is 0 Å². The number of anilines is 1. The van der Waals surface area contributed by atoms with Crippen LogP contribution in [0, 0.1) is 12.7 Å². The molecule has 0 saturated carbocycles. The molecule has 0 amide bonds. The van der Waals surface area contributed by atoms with Crippen LogP contribution in [0.3, 0.4) is 0 Å². The van der Waals surface area contributed by atoms with E-state index in [1.165, 1.54) is 6.07 Å². The van der Waals surface area contributed by atoms with Crippen molar-refractivity contribution < 1.29 is 4.39 Å². The first kappa shape index (κ1) is 13.5. The Morgan fingerprint density at radius 2 is 1.89 bits per heavy atom. The lowest BCUT2D eigenvalue weighted by molar-refractivity contribution is 0.630. The van der Waals surface area contributed by atoms with Gasteiger partial charge in [0, 0.05) is 24.6 Å². The van der Waals surface area contributed by atoms with Gasteiger partial charge in [0.05, 0.1) is 5.69 Å². The maximum Gasteiger partial charge on any atom is 0.133 e. The van der Waals surface area contributed by atoms with Crippen molar-refractivity contribution in [1.29, 1.82) is 0 Å². The van der Waals surface area contributed by atoms with Crippen molar-refractivity contribution in [3.05, 3.63) is 41.5 Å². The summed E-state index contributed by atoms with van der Waals surface area (Å²) in [5.41, 5.74) is 2.14. The molecule has 100 valence electrons. The molecule has 0 atom stereocenters. The average molecular weight is 259 g/mol. The van der Waals surface area contributed by atoms with Crippen molar-refractivity contribution in [2.45, 2.75) is 26.7 Å². The van der Waals surface area contributed by atoms with Crippen LogP contribution in [0.1, 0.15) is 31.2 Å². The summed E-state index contributed by atoms with van der Waals surface area (Å²) in [4.78, 5) is 8.85. The molecule has 1 aromatic heterocycles. The average Bonchev–Trinajstić information content (AvgIpc) is 2.40. The molecule has 0 spiro atoms. The highest BCUT2D eigenvalue weighted by atomic mass is 19.1. The van der Waals surface area contributed by atoms with Crippen molar-refractivity contribution in [3.63, 3.8) is 0 Å². The highest BCUT2D eigenvalue weighted by Crippen LogP contribution is 2.25. The molecule has 4 heteroatoms. The second kappa shape index (κ2) is 5.34. The Kier molecular flexibility index (Phi) is 3.79. The van der Waals surface area contributed by atoms with Crippen LogP contribution < -0.4 is 5.32 Å². The SMILES string of the molecule is CNc1cc(-c2cc(C)ccc2F)nc(C(C)C)n1. The lowest BCUT2D eigenvalue weighted by Crippen LogP contribution is -2.04. The Bertz CT molecular complexity index is 594. The highest BCUT2D eigenvalue weighted by molar-refractivity contribution is 5.64. The molecule has 0 bridgehead atoms. The van der Waals surface area contributed by atoms with E-state index >= 15 is 0 Å². The number of hydrogen-bond donors (Lipinski definition) is 1. The first-order valence-electron chi connectivity index (χ1n) is 6.34. The first-order chi connectivity index (χ1) is 9.01. The monoisotopic (exact) mass is 259 g/mol. The fourth-order valence-corrected chi connectivity index (χ4v) is 1.83. The molecule has 1 N–H and O–H groups in total. The molecule has 2 rings (SSSR count). The van der Waals surface area contributed by atoms with Gasteiger partial charge < -0.3 is 5.32 Å². The van der Waals surface area contributed by atoms with Crippen LogP contribution in [-0.4, -0.2) is 17.0 Å². The van der Waals surface area contributed by atoms with Crippen LogP contribution in [0.15, 0.2) is 24.3 Å². The van der Waals surface area contributed by atoms with Crippen molar-refractivity contribution in [2.75, 3.05) is 12.4 Å². The molecule has 0 aliphatic rings. The van der Waals surface area contributed by atoms with Crippen LogP contribution in [0.5, 0.6) is 0 Å². The predicted molar refractivity (Wildman–Crippen MR) is 75.8 cm³/mol. The fraction of sp³-hybridized carbons (Fsp3) is 0.333. The van der Waals surface area contributed by atoms with E-state index in [-0.39, 0.29) is 11.7 Å². The third kappa shape index (κ3) is 2.89. The smallest absolute Gasteiger partial charge is 0.133 e. The third-order valence-electron chi connectivity index (χ3n) is 2.91. The molecule has 1 heterocycles. The Morgan fingerprint density at radius 3 is 2.53 bits per heavy atom. The Balaban J connectivity index is 2.60. The van der Waals surface area contributed by atoms with E-state index in [0.717, 1.165) is 5.56 Å². The topological polar surface area (TPSA) is 37.8 Å². The van der Waals surface area contributed by atoms with Gasteiger partial charge in [0.2, 0.25) is 0 Å². The summed E-state index contributed by atoms with van der Waals surface area (Å²) in [6.07, 6.45) is 0. The zero-order valence-electron chi connectivity index (χ0n) is 11.7. The van der Waals surface area contributed by atoms with E-state index in [1.807, 2.05) is 20.8 Å². The lowest BCUT2D eigenvalue weighted by Gasteiger charge is -2.11. The van der Waals surface area contributed by atoms with Gasteiger partial charge in [0.15, 0.2) is 0 Å². The maximum absolute atomic E-state index is 13.9. The highest BCUT2D eigenvalue weighted by Gasteiger charge is 2.12. The van der Waals surface area contributed by atoms with Gasteiger partial charge in [-0.2, -0.15) is 0 Å². The van der Waals surface area contributed by atoms with E-state index in [2.05, 4.69) is 15.3 Å². The normalized spacial score (nSPS) is 10.8. The minimum Gasteiger partial charge on any atom is -0.373 e. The minimum absolute atomic E-state index is 0.194. The van der Waals surface area contributed by atoms with Crippen molar-refractivity contribution in [2.24, 2.45) is 0 Å². The molecule has 0 radical (unpaired) electrons. The number of aryl methyl sites for hydroxylation is 1. The number of benzene rings is 1. The second-order valence-electron chi connectivity index (χ2n) is 4.88. The molecule has 0 fully saturated rings. The number of nitrogens with zero attached hydrogens (tertiary/aromatic N) is 2. The van der Waals surface area contributed by atoms with Crippen LogP contribution in [0.2, 0.25) is 0 Å². The number of rotatable bonds is 3. The van der Waals surface area contributed by atoms with Gasteiger partial charge in [0.1, 0.15) is 17.5 Å². The van der Waals surface area contributed by atoms with Gasteiger partial charge in [-0.15, -0.1) is 0 Å². The molecule has 0 aliphatic carbocycles. The molecule has 3 nitrogen and oxygen atoms in total. The van der Waals surface area contributed by atoms with E-state index in [4.69, 9.17) is 0 Å². The van der Waals surface area contributed by atoms with Gasteiger partial charge in [-0.05, 0) is 19.1 Å². The van der Waals surface area contributed by atoms with Gasteiger partial charge >= 0.3 is 0 Å². The largest absolute Gasteiger partial charge is 0.373 e. The predicted octanol–water partition coefficient (Wildman–Crippen LogP) is 3.76. The van der Waals surface area contributed by atoms with Crippen LogP contribution in [0.25, 0.3) is 11.3 Å². The zero-order valence-corrected chi connectivity index (χ0v) is 11.7. The molecule has 19 heavy (non-hydrogen) atoms. The first-order valence-corrected chi connectivity index (χ1v) is 6.34. The summed E-state index contributed by atoms with van der Waals surface area (Å²) < 4.78 is 13.9. The summed E-state index contributed by atoms with van der Waals surface area (Å²) in [7, 11) is 1.79. The number of hydrogen-bond acceptors (Lipinski definition) is 3. The van der Waals surface area contributed by atoms with Gasteiger partial charge in [-0.25, -0.2) is 14.4 Å². The van der Waals surface area contributed by atoms with Gasteiger partial charge in [-0.3, -0.25) is 0 Å². The molecule has 1 aromatic carbocycles. The molecule has 2 aromatic rings. The standard InChI is InChI=1S/C15H18FN3/c1-9(2)15-18-13(8-14(17-4)19-15)11-7-10(3)5-6-12(11)16/h5-9H,1-4H3,(H,17,18,19). The fourth-order valence-electron chi connectivity index (χ4n) is 1.83. The van der Waals surface area contributed by atoms with Gasteiger partial charge in [0.25, 0.3) is 0 Å². The van der Waals surface area contributed by atoms with E-state index in [1.54, 1.807) is 25.2 Å². The Labute approximate surface area is 112 Å². The molecule has 0 unspecified atom stereocenters. The summed E-state index contributed by atoms with van der Waals surface area (Å²) in [5.74, 6) is 1.35. The van der Waals surface area contributed by atoms with E-state index < -0.39 is 0 Å². The Hall–Kier alpha value is -1.97. The number of aromatic nitrogens is 2. The molecule has 0 saturated heterocycles. The number of nitrogens with one attached hydrogen (secondary N) is 1. The molecule has 0 aliphatic heterocycles. The summed E-state index contributed by atoms with van der Waals surface area (Å²) >= 11 is 0. The Morgan fingerprint density at radius 1 is 1.16 bits per heavy atom. The minimum atomic E-state index is -0.263. The summed E-state index contributed by atoms with van der Waals surface area (Å²) in [6.45, 7) is 5.97. The van der Waals surface area contributed by atoms with Crippen molar-refractivity contribution >= 4 is 5.82 Å². The summed E-state index contributed by atoms with van der Waals surface area (Å²) in [6, 6.07) is 6.80. The summed E-state index contributed by atoms with van der Waals surface area (Å²) in [5, 5.41) is 2.99. The van der Waals surface area contributed by atoms with E-state index in [0.29, 0.717) is 22.9 Å². The van der Waals surface area contributed by atoms with Gasteiger partial charge in [-0.1, -0.05) is 25.5 Å². The van der Waals surface area contributed by atoms with Crippen LogP contribution >= 0.6 is 0 Å². The van der Waals surface area contributed by atoms with Crippen molar-refractivity contribution in [3.8, 4) is 11.3 Å². The second-order valence-corrected chi connectivity index (χ2v) is 4.88. The molecular weight excluding hydrogens is 241 g/mol. The zero-order chi connectivity index (χ0) is 14.0. The third-order valence-corrected chi connectivity index (χ3v) is 2.91. The van der Waals surface area contributed by atoms with Crippen LogP contribution in [0.4, 0.5) is 10.2 Å². The quantitative estimate of drug-likeness (QED) is 0.912. The molecular formula is C15H18FN3. The lowest BCUT2D eigenvalue weighted by atomic mass is 10.1. The van der Waals surface area contributed by atoms with E-state index in [9.17, 15) is 4.39 Å². The van der Waals surface area contributed by atoms with Crippen molar-refractivity contribution in [1.82, 2.24) is 9.97 Å². The number of halogens is 1. The maximum atomic E-state index is 13.9.